The van der Waals surface area contributed by atoms with E-state index in [0.29, 0.717) is 13.1 Å². The number of carbonyl (C=O) groups is 2. The molecule has 2 N–H and O–H groups in total. The monoisotopic (exact) mass is 263 g/mol. The summed E-state index contributed by atoms with van der Waals surface area (Å²) in [4.78, 5) is 28.3. The molecule has 0 atom stereocenters. The Kier molecular flexibility index (Phi) is 3.99. The zero-order valence-electron chi connectivity index (χ0n) is 10.8. The van der Waals surface area contributed by atoms with Crippen molar-refractivity contribution in [3.63, 3.8) is 0 Å². The molecular weight excluding hydrogens is 246 g/mol. The van der Waals surface area contributed by atoms with E-state index in [2.05, 4.69) is 4.98 Å². The number of nitrogens with zero attached hydrogens (tertiary/aromatic N) is 2. The minimum Gasteiger partial charge on any atom is -0.474 e. The van der Waals surface area contributed by atoms with Gasteiger partial charge in [0.15, 0.2) is 0 Å². The van der Waals surface area contributed by atoms with Crippen LogP contribution in [0.5, 0.6) is 5.88 Å². The minimum atomic E-state index is -0.552. The summed E-state index contributed by atoms with van der Waals surface area (Å²) >= 11 is 0. The summed E-state index contributed by atoms with van der Waals surface area (Å²) in [5, 5.41) is 0. The van der Waals surface area contributed by atoms with Crippen molar-refractivity contribution in [1.82, 2.24) is 9.88 Å². The highest BCUT2D eigenvalue weighted by Gasteiger charge is 2.23. The van der Waals surface area contributed by atoms with Crippen LogP contribution in [0.15, 0.2) is 18.3 Å². The highest BCUT2D eigenvalue weighted by molar-refractivity contribution is 5.94. The molecule has 0 unspecified atom stereocenters. The first-order valence-corrected chi connectivity index (χ1v) is 6.25. The molecular formula is C13H17N3O3. The fraction of sp³-hybridized carbons (Fsp3) is 0.462. The summed E-state index contributed by atoms with van der Waals surface area (Å²) in [6, 6.07) is 3.24. The van der Waals surface area contributed by atoms with Crippen molar-refractivity contribution in [3.05, 3.63) is 23.9 Å². The van der Waals surface area contributed by atoms with Gasteiger partial charge in [0.05, 0.1) is 0 Å². The van der Waals surface area contributed by atoms with Crippen LogP contribution in [0.2, 0.25) is 0 Å². The second-order valence-electron chi connectivity index (χ2n) is 4.54. The summed E-state index contributed by atoms with van der Waals surface area (Å²) in [6.45, 7) is 2.89. The molecule has 1 aromatic heterocycles. The molecule has 0 aromatic carbocycles. The van der Waals surface area contributed by atoms with Gasteiger partial charge < -0.3 is 15.4 Å². The molecule has 2 amide bonds. The third-order valence-corrected chi connectivity index (χ3v) is 3.20. The standard InChI is InChI=1S/C13H17N3O3/c1-9(17)16-7-4-10(5-8-16)19-13-11(12(14)18)3-2-6-15-13/h2-3,6,10H,4-5,7-8H2,1H3,(H2,14,18). The molecule has 2 heterocycles. The fourth-order valence-corrected chi connectivity index (χ4v) is 2.12. The predicted molar refractivity (Wildman–Crippen MR) is 68.7 cm³/mol. The quantitative estimate of drug-likeness (QED) is 0.864. The number of rotatable bonds is 3. The smallest absolute Gasteiger partial charge is 0.254 e. The van der Waals surface area contributed by atoms with Crippen molar-refractivity contribution < 1.29 is 14.3 Å². The van der Waals surface area contributed by atoms with Crippen LogP contribution in [0.1, 0.15) is 30.1 Å². The molecule has 6 nitrogen and oxygen atoms in total. The molecule has 0 spiro atoms. The number of hydrogen-bond donors (Lipinski definition) is 1. The zero-order chi connectivity index (χ0) is 13.8. The molecule has 1 saturated heterocycles. The average molecular weight is 263 g/mol. The van der Waals surface area contributed by atoms with Crippen LogP contribution < -0.4 is 10.5 Å². The van der Waals surface area contributed by atoms with E-state index < -0.39 is 5.91 Å². The summed E-state index contributed by atoms with van der Waals surface area (Å²) in [5.74, 6) is -0.199. The SMILES string of the molecule is CC(=O)N1CCC(Oc2ncccc2C(N)=O)CC1. The minimum absolute atomic E-state index is 0.0383. The molecule has 6 heteroatoms. The molecule has 0 radical (unpaired) electrons. The van der Waals surface area contributed by atoms with Gasteiger partial charge in [0.2, 0.25) is 11.8 Å². The Morgan fingerprint density at radius 2 is 2.11 bits per heavy atom. The summed E-state index contributed by atoms with van der Waals surface area (Å²) in [5.41, 5.74) is 5.56. The maximum Gasteiger partial charge on any atom is 0.254 e. The normalized spacial score (nSPS) is 16.2. The van der Waals surface area contributed by atoms with E-state index in [4.69, 9.17) is 10.5 Å². The van der Waals surface area contributed by atoms with Crippen molar-refractivity contribution in [3.8, 4) is 5.88 Å². The predicted octanol–water partition coefficient (Wildman–Crippen LogP) is 0.570. The molecule has 102 valence electrons. The number of pyridine rings is 1. The lowest BCUT2D eigenvalue weighted by molar-refractivity contribution is -0.130. The fourth-order valence-electron chi connectivity index (χ4n) is 2.12. The number of amides is 2. The Morgan fingerprint density at radius 1 is 1.42 bits per heavy atom. The lowest BCUT2D eigenvalue weighted by atomic mass is 10.1. The second kappa shape index (κ2) is 5.69. The van der Waals surface area contributed by atoms with E-state index in [9.17, 15) is 9.59 Å². The zero-order valence-corrected chi connectivity index (χ0v) is 10.8. The van der Waals surface area contributed by atoms with Crippen molar-refractivity contribution >= 4 is 11.8 Å². The van der Waals surface area contributed by atoms with E-state index in [1.54, 1.807) is 30.2 Å². The van der Waals surface area contributed by atoms with Crippen LogP contribution >= 0.6 is 0 Å². The van der Waals surface area contributed by atoms with E-state index in [-0.39, 0.29) is 23.5 Å². The average Bonchev–Trinajstić information content (AvgIpc) is 2.39. The molecule has 0 saturated carbocycles. The van der Waals surface area contributed by atoms with E-state index in [0.717, 1.165) is 12.8 Å². The van der Waals surface area contributed by atoms with E-state index in [1.807, 2.05) is 0 Å². The lowest BCUT2D eigenvalue weighted by Gasteiger charge is -2.31. The number of aromatic nitrogens is 1. The highest BCUT2D eigenvalue weighted by Crippen LogP contribution is 2.20. The Labute approximate surface area is 111 Å². The van der Waals surface area contributed by atoms with Gasteiger partial charge in [-0.05, 0) is 12.1 Å². The Morgan fingerprint density at radius 3 is 2.68 bits per heavy atom. The lowest BCUT2D eigenvalue weighted by Crippen LogP contribution is -2.40. The molecule has 1 aromatic rings. The Balaban J connectivity index is 2.00. The van der Waals surface area contributed by atoms with Crippen molar-refractivity contribution in [2.24, 2.45) is 5.73 Å². The van der Waals surface area contributed by atoms with Gasteiger partial charge >= 0.3 is 0 Å². The summed E-state index contributed by atoms with van der Waals surface area (Å²) in [6.07, 6.45) is 2.98. The molecule has 0 bridgehead atoms. The number of carbonyl (C=O) groups excluding carboxylic acids is 2. The van der Waals surface area contributed by atoms with E-state index in [1.165, 1.54) is 0 Å². The topological polar surface area (TPSA) is 85.5 Å². The van der Waals surface area contributed by atoms with Crippen LogP contribution in [-0.4, -0.2) is 40.9 Å². The maximum atomic E-state index is 11.3. The van der Waals surface area contributed by atoms with Gasteiger partial charge in [-0.1, -0.05) is 0 Å². The molecule has 2 rings (SSSR count). The second-order valence-corrected chi connectivity index (χ2v) is 4.54. The third kappa shape index (κ3) is 3.21. The van der Waals surface area contributed by atoms with Crippen LogP contribution in [0.3, 0.4) is 0 Å². The van der Waals surface area contributed by atoms with Gasteiger partial charge in [0.1, 0.15) is 11.7 Å². The van der Waals surface area contributed by atoms with Gasteiger partial charge in [-0.15, -0.1) is 0 Å². The van der Waals surface area contributed by atoms with Gasteiger partial charge in [-0.25, -0.2) is 4.98 Å². The highest BCUT2D eigenvalue weighted by atomic mass is 16.5. The first-order chi connectivity index (χ1) is 9.08. The van der Waals surface area contributed by atoms with Crippen molar-refractivity contribution in [2.75, 3.05) is 13.1 Å². The van der Waals surface area contributed by atoms with Gasteiger partial charge in [0.25, 0.3) is 5.91 Å². The van der Waals surface area contributed by atoms with Crippen LogP contribution in [0.25, 0.3) is 0 Å². The van der Waals surface area contributed by atoms with Gasteiger partial charge in [0, 0.05) is 39.1 Å². The number of nitrogens with two attached hydrogens (primary N) is 1. The number of piperidine rings is 1. The van der Waals surface area contributed by atoms with E-state index >= 15 is 0 Å². The van der Waals surface area contributed by atoms with Crippen LogP contribution in [-0.2, 0) is 4.79 Å². The number of primary amides is 1. The number of hydrogen-bond acceptors (Lipinski definition) is 4. The molecule has 0 aliphatic carbocycles. The summed E-state index contributed by atoms with van der Waals surface area (Å²) < 4.78 is 5.73. The third-order valence-electron chi connectivity index (χ3n) is 3.20. The van der Waals surface area contributed by atoms with Crippen LogP contribution in [0, 0.1) is 0 Å². The summed E-state index contributed by atoms with van der Waals surface area (Å²) in [7, 11) is 0. The largest absolute Gasteiger partial charge is 0.474 e. The van der Waals surface area contributed by atoms with Crippen LogP contribution in [0.4, 0.5) is 0 Å². The van der Waals surface area contributed by atoms with Gasteiger partial charge in [-0.2, -0.15) is 0 Å². The number of ether oxygens (including phenoxy) is 1. The first kappa shape index (κ1) is 13.3. The molecule has 1 fully saturated rings. The van der Waals surface area contributed by atoms with Gasteiger partial charge in [-0.3, -0.25) is 9.59 Å². The first-order valence-electron chi connectivity index (χ1n) is 6.25. The Hall–Kier alpha value is -2.11. The molecule has 1 aliphatic rings. The maximum absolute atomic E-state index is 11.3. The molecule has 19 heavy (non-hydrogen) atoms. The molecule has 1 aliphatic heterocycles. The van der Waals surface area contributed by atoms with Crippen molar-refractivity contribution in [2.45, 2.75) is 25.9 Å². The van der Waals surface area contributed by atoms with Crippen molar-refractivity contribution in [1.29, 1.82) is 0 Å². The number of likely N-dealkylation sites (tertiary alicyclic amines) is 1. The Bertz CT molecular complexity index is 482.